The van der Waals surface area contributed by atoms with E-state index in [-0.39, 0.29) is 6.54 Å². The number of anilines is 1. The van der Waals surface area contributed by atoms with Crippen molar-refractivity contribution in [1.29, 1.82) is 0 Å². The number of para-hydroxylation sites is 2. The molecular formula is C22H18ClN3O5S. The van der Waals surface area contributed by atoms with Gasteiger partial charge in [-0.3, -0.25) is 14.2 Å². The Bertz CT molecular complexity index is 1440. The molecule has 0 fully saturated rings. The predicted molar refractivity (Wildman–Crippen MR) is 125 cm³/mol. The number of nitrogens with one attached hydrogen (secondary N) is 1. The Hall–Kier alpha value is -3.56. The third kappa shape index (κ3) is 3.88. The molecule has 0 spiro atoms. The average molecular weight is 472 g/mol. The van der Waals surface area contributed by atoms with Gasteiger partial charge in [-0.25, -0.2) is 9.36 Å². The first-order chi connectivity index (χ1) is 15.4. The Kier molecular flexibility index (Phi) is 6.02. The van der Waals surface area contributed by atoms with Gasteiger partial charge in [0.05, 0.1) is 30.4 Å². The van der Waals surface area contributed by atoms with E-state index in [1.54, 1.807) is 53.9 Å². The molecule has 4 aromatic rings. The van der Waals surface area contributed by atoms with Gasteiger partial charge >= 0.3 is 5.69 Å². The molecule has 0 aliphatic rings. The van der Waals surface area contributed by atoms with Crippen molar-refractivity contribution in [2.45, 2.75) is 6.54 Å². The van der Waals surface area contributed by atoms with Gasteiger partial charge in [0.15, 0.2) is 0 Å². The molecule has 32 heavy (non-hydrogen) atoms. The second-order valence-electron chi connectivity index (χ2n) is 6.71. The first kappa shape index (κ1) is 21.7. The number of rotatable bonds is 6. The molecule has 10 heteroatoms. The van der Waals surface area contributed by atoms with Crippen LogP contribution in [-0.2, 0) is 11.3 Å². The lowest BCUT2D eigenvalue weighted by Gasteiger charge is -2.14. The average Bonchev–Trinajstić information content (AvgIpc) is 3.27. The summed E-state index contributed by atoms with van der Waals surface area (Å²) in [6, 6.07) is 13.2. The van der Waals surface area contributed by atoms with E-state index in [1.165, 1.54) is 30.1 Å². The highest BCUT2D eigenvalue weighted by atomic mass is 35.5. The van der Waals surface area contributed by atoms with Crippen LogP contribution in [0.1, 0.15) is 0 Å². The quantitative estimate of drug-likeness (QED) is 0.464. The van der Waals surface area contributed by atoms with E-state index in [4.69, 9.17) is 21.1 Å². The molecule has 0 atom stereocenters. The summed E-state index contributed by atoms with van der Waals surface area (Å²) in [6.07, 6.45) is 0. The van der Waals surface area contributed by atoms with E-state index in [1.807, 2.05) is 0 Å². The molecule has 0 radical (unpaired) electrons. The monoisotopic (exact) mass is 471 g/mol. The number of carbonyl (C=O) groups is 1. The van der Waals surface area contributed by atoms with Crippen LogP contribution in [0.2, 0.25) is 5.02 Å². The number of aromatic nitrogens is 2. The summed E-state index contributed by atoms with van der Waals surface area (Å²) in [5.74, 6) is 0.391. The van der Waals surface area contributed by atoms with Crippen LogP contribution in [0.25, 0.3) is 15.9 Å². The minimum Gasteiger partial charge on any atom is -0.495 e. The van der Waals surface area contributed by atoms with Crippen molar-refractivity contribution in [3.8, 4) is 17.2 Å². The summed E-state index contributed by atoms with van der Waals surface area (Å²) in [7, 11) is 2.95. The molecule has 0 aliphatic carbocycles. The van der Waals surface area contributed by atoms with Crippen molar-refractivity contribution in [3.63, 3.8) is 0 Å². The second-order valence-corrected chi connectivity index (χ2v) is 8.04. The first-order valence-electron chi connectivity index (χ1n) is 9.44. The number of hydrogen-bond acceptors (Lipinski definition) is 6. The zero-order valence-electron chi connectivity index (χ0n) is 17.1. The lowest BCUT2D eigenvalue weighted by atomic mass is 10.3. The van der Waals surface area contributed by atoms with Crippen molar-refractivity contribution < 1.29 is 14.3 Å². The highest BCUT2D eigenvalue weighted by molar-refractivity contribution is 7.17. The summed E-state index contributed by atoms with van der Waals surface area (Å²) in [5.41, 5.74) is 0.0281. The number of fused-ring (bicyclic) bond motifs is 1. The van der Waals surface area contributed by atoms with Crippen LogP contribution in [0, 0.1) is 0 Å². The number of nitrogens with zero attached hydrogens (tertiary/aromatic N) is 2. The van der Waals surface area contributed by atoms with Crippen molar-refractivity contribution in [1.82, 2.24) is 9.13 Å². The van der Waals surface area contributed by atoms with Crippen LogP contribution in [0.3, 0.4) is 0 Å². The number of carbonyl (C=O) groups excluding carboxylic acids is 1. The summed E-state index contributed by atoms with van der Waals surface area (Å²) < 4.78 is 13.1. The van der Waals surface area contributed by atoms with Gasteiger partial charge in [-0.2, -0.15) is 0 Å². The van der Waals surface area contributed by atoms with Crippen LogP contribution < -0.4 is 26.0 Å². The van der Waals surface area contributed by atoms with Gasteiger partial charge in [-0.1, -0.05) is 23.7 Å². The molecule has 2 aromatic heterocycles. The minimum absolute atomic E-state index is 0.300. The fourth-order valence-electron chi connectivity index (χ4n) is 3.36. The Morgan fingerprint density at radius 2 is 1.81 bits per heavy atom. The number of methoxy groups -OCH3 is 2. The Morgan fingerprint density at radius 1 is 1.06 bits per heavy atom. The zero-order valence-corrected chi connectivity index (χ0v) is 18.7. The van der Waals surface area contributed by atoms with E-state index in [0.717, 1.165) is 4.57 Å². The summed E-state index contributed by atoms with van der Waals surface area (Å²) in [4.78, 5) is 39.2. The number of benzene rings is 2. The summed E-state index contributed by atoms with van der Waals surface area (Å²) in [5, 5.41) is 4.76. The number of ether oxygens (including phenoxy) is 2. The fourth-order valence-corrected chi connectivity index (χ4v) is 4.44. The Balaban J connectivity index is 1.77. The van der Waals surface area contributed by atoms with Gasteiger partial charge in [0.1, 0.15) is 22.7 Å². The normalized spacial score (nSPS) is 10.8. The van der Waals surface area contributed by atoms with Crippen LogP contribution in [0.5, 0.6) is 11.5 Å². The molecule has 0 aliphatic heterocycles. The Morgan fingerprint density at radius 3 is 2.53 bits per heavy atom. The van der Waals surface area contributed by atoms with Gasteiger partial charge in [0.2, 0.25) is 5.91 Å². The third-order valence-corrected chi connectivity index (χ3v) is 6.01. The van der Waals surface area contributed by atoms with Crippen molar-refractivity contribution in [2.24, 2.45) is 0 Å². The van der Waals surface area contributed by atoms with Crippen molar-refractivity contribution in [2.75, 3.05) is 19.5 Å². The summed E-state index contributed by atoms with van der Waals surface area (Å²) in [6.45, 7) is -0.300. The Labute approximate surface area is 191 Å². The maximum absolute atomic E-state index is 13.4. The first-order valence-corrected chi connectivity index (χ1v) is 10.7. The van der Waals surface area contributed by atoms with E-state index < -0.39 is 17.2 Å². The maximum Gasteiger partial charge on any atom is 0.336 e. The number of thiophene rings is 1. The molecule has 0 bridgehead atoms. The second kappa shape index (κ2) is 8.89. The van der Waals surface area contributed by atoms with Crippen molar-refractivity contribution in [3.05, 3.63) is 79.8 Å². The molecule has 2 aromatic carbocycles. The van der Waals surface area contributed by atoms with Gasteiger partial charge in [0, 0.05) is 5.69 Å². The van der Waals surface area contributed by atoms with Crippen molar-refractivity contribution >= 4 is 44.7 Å². The molecule has 0 unspecified atom stereocenters. The van der Waals surface area contributed by atoms with E-state index in [2.05, 4.69) is 5.32 Å². The van der Waals surface area contributed by atoms with E-state index in [9.17, 15) is 14.4 Å². The van der Waals surface area contributed by atoms with Crippen LogP contribution in [0.4, 0.5) is 5.69 Å². The predicted octanol–water partition coefficient (Wildman–Crippen LogP) is 3.52. The number of halogens is 1. The SMILES string of the molecule is COc1ccc(NC(=O)Cn2c(=O)n(-c3ccccc3OC)c(=O)c3sccc32)cc1Cl. The third-order valence-electron chi connectivity index (χ3n) is 4.82. The van der Waals surface area contributed by atoms with Crippen LogP contribution in [0.15, 0.2) is 63.5 Å². The smallest absolute Gasteiger partial charge is 0.336 e. The molecule has 2 heterocycles. The zero-order chi connectivity index (χ0) is 22.8. The molecule has 164 valence electrons. The fraction of sp³-hybridized carbons (Fsp3) is 0.136. The lowest BCUT2D eigenvalue weighted by molar-refractivity contribution is -0.116. The molecule has 1 amide bonds. The molecule has 0 saturated carbocycles. The molecule has 0 saturated heterocycles. The molecule has 4 rings (SSSR count). The number of amides is 1. The van der Waals surface area contributed by atoms with Gasteiger partial charge in [-0.05, 0) is 41.8 Å². The molecule has 8 nitrogen and oxygen atoms in total. The van der Waals surface area contributed by atoms with Crippen LogP contribution >= 0.6 is 22.9 Å². The van der Waals surface area contributed by atoms with Gasteiger partial charge in [0.25, 0.3) is 5.56 Å². The van der Waals surface area contributed by atoms with Crippen LogP contribution in [-0.4, -0.2) is 29.3 Å². The van der Waals surface area contributed by atoms with E-state index in [0.29, 0.717) is 38.1 Å². The highest BCUT2D eigenvalue weighted by Gasteiger charge is 2.19. The lowest BCUT2D eigenvalue weighted by Crippen LogP contribution is -2.40. The summed E-state index contributed by atoms with van der Waals surface area (Å²) >= 11 is 7.32. The van der Waals surface area contributed by atoms with Gasteiger partial charge in [-0.15, -0.1) is 11.3 Å². The molecule has 1 N–H and O–H groups in total. The minimum atomic E-state index is -0.645. The topological polar surface area (TPSA) is 91.6 Å². The standard InChI is InChI=1S/C22H18ClN3O5S/c1-30-17-8-7-13(11-14(17)23)24-19(27)12-25-16-9-10-32-20(16)21(28)26(22(25)29)15-5-3-4-6-18(15)31-2/h3-11H,12H2,1-2H3,(H,24,27). The highest BCUT2D eigenvalue weighted by Crippen LogP contribution is 2.27. The number of hydrogen-bond donors (Lipinski definition) is 1. The molecular weight excluding hydrogens is 454 g/mol. The largest absolute Gasteiger partial charge is 0.495 e. The maximum atomic E-state index is 13.4. The van der Waals surface area contributed by atoms with E-state index >= 15 is 0 Å². The van der Waals surface area contributed by atoms with Gasteiger partial charge < -0.3 is 14.8 Å².